The van der Waals surface area contributed by atoms with Crippen molar-refractivity contribution in [3.05, 3.63) is 42.5 Å². The standard InChI is InChI=1S/C28H42O/c1-3-18-29-28-16-14-24(15-17-28)26-13-12-25-19-23(10-11-27(25)20-26)9-8-22-6-4-21(2)5-7-22/h3,14-17,21-23,25-27H,1,4-13,18-20H2,2H3. The highest BCUT2D eigenvalue weighted by Crippen LogP contribution is 2.49. The van der Waals surface area contributed by atoms with Crippen LogP contribution in [0.2, 0.25) is 0 Å². The van der Waals surface area contributed by atoms with E-state index in [1.807, 2.05) is 0 Å². The van der Waals surface area contributed by atoms with Crippen molar-refractivity contribution in [2.24, 2.45) is 29.6 Å². The van der Waals surface area contributed by atoms with E-state index in [0.29, 0.717) is 6.61 Å². The highest BCUT2D eigenvalue weighted by Gasteiger charge is 2.36. The quantitative estimate of drug-likeness (QED) is 0.424. The van der Waals surface area contributed by atoms with E-state index in [0.717, 1.165) is 41.3 Å². The molecule has 1 aromatic carbocycles. The van der Waals surface area contributed by atoms with Gasteiger partial charge in [-0.05, 0) is 85.3 Å². The fourth-order valence-electron chi connectivity index (χ4n) is 6.63. The van der Waals surface area contributed by atoms with Crippen LogP contribution in [0.3, 0.4) is 0 Å². The first-order chi connectivity index (χ1) is 14.2. The highest BCUT2D eigenvalue weighted by molar-refractivity contribution is 5.30. The van der Waals surface area contributed by atoms with Crippen LogP contribution in [0.5, 0.6) is 5.75 Å². The highest BCUT2D eigenvalue weighted by atomic mass is 16.5. The first-order valence-corrected chi connectivity index (χ1v) is 12.5. The molecule has 0 saturated heterocycles. The van der Waals surface area contributed by atoms with Crippen molar-refractivity contribution in [1.82, 2.24) is 0 Å². The summed E-state index contributed by atoms with van der Waals surface area (Å²) >= 11 is 0. The average molecular weight is 395 g/mol. The number of rotatable bonds is 7. The second-order valence-electron chi connectivity index (χ2n) is 10.6. The smallest absolute Gasteiger partial charge is 0.119 e. The first-order valence-electron chi connectivity index (χ1n) is 12.5. The zero-order valence-electron chi connectivity index (χ0n) is 18.7. The molecule has 0 heterocycles. The lowest BCUT2D eigenvalue weighted by Gasteiger charge is -2.42. The Bertz CT molecular complexity index is 624. The van der Waals surface area contributed by atoms with Gasteiger partial charge in [0.2, 0.25) is 0 Å². The molecule has 4 rings (SSSR count). The number of hydrogen-bond donors (Lipinski definition) is 0. The molecule has 3 aliphatic rings. The van der Waals surface area contributed by atoms with E-state index in [1.165, 1.54) is 82.6 Å². The maximum atomic E-state index is 5.65. The molecule has 3 fully saturated rings. The van der Waals surface area contributed by atoms with E-state index in [1.54, 1.807) is 6.08 Å². The molecular weight excluding hydrogens is 352 g/mol. The fraction of sp³-hybridized carbons (Fsp3) is 0.714. The number of ether oxygens (including phenoxy) is 1. The predicted octanol–water partition coefficient (Wildman–Crippen LogP) is 8.16. The van der Waals surface area contributed by atoms with Crippen molar-refractivity contribution in [3.8, 4) is 5.75 Å². The Balaban J connectivity index is 1.22. The summed E-state index contributed by atoms with van der Waals surface area (Å²) in [5.41, 5.74) is 1.53. The molecule has 0 bridgehead atoms. The summed E-state index contributed by atoms with van der Waals surface area (Å²) < 4.78 is 5.65. The van der Waals surface area contributed by atoms with Gasteiger partial charge in [-0.1, -0.05) is 76.7 Å². The molecule has 3 saturated carbocycles. The molecule has 4 atom stereocenters. The predicted molar refractivity (Wildman–Crippen MR) is 123 cm³/mol. The topological polar surface area (TPSA) is 9.23 Å². The molecule has 1 aromatic rings. The maximum Gasteiger partial charge on any atom is 0.119 e. The third-order valence-corrected chi connectivity index (χ3v) is 8.56. The van der Waals surface area contributed by atoms with Crippen LogP contribution in [-0.2, 0) is 0 Å². The Kier molecular flexibility index (Phi) is 7.38. The van der Waals surface area contributed by atoms with Crippen LogP contribution in [0.15, 0.2) is 36.9 Å². The van der Waals surface area contributed by atoms with Gasteiger partial charge in [-0.3, -0.25) is 0 Å². The van der Waals surface area contributed by atoms with Crippen molar-refractivity contribution in [1.29, 1.82) is 0 Å². The van der Waals surface area contributed by atoms with Crippen molar-refractivity contribution in [2.45, 2.75) is 89.9 Å². The van der Waals surface area contributed by atoms with Crippen LogP contribution in [-0.4, -0.2) is 6.61 Å². The Morgan fingerprint density at radius 3 is 2.24 bits per heavy atom. The van der Waals surface area contributed by atoms with Crippen LogP contribution >= 0.6 is 0 Å². The van der Waals surface area contributed by atoms with Gasteiger partial charge in [-0.25, -0.2) is 0 Å². The van der Waals surface area contributed by atoms with Gasteiger partial charge in [0.1, 0.15) is 12.4 Å². The Morgan fingerprint density at radius 1 is 0.828 bits per heavy atom. The van der Waals surface area contributed by atoms with Gasteiger partial charge in [0.15, 0.2) is 0 Å². The molecule has 0 radical (unpaired) electrons. The summed E-state index contributed by atoms with van der Waals surface area (Å²) in [4.78, 5) is 0. The average Bonchev–Trinajstić information content (AvgIpc) is 2.77. The molecular formula is C28H42O. The van der Waals surface area contributed by atoms with Gasteiger partial charge in [0.25, 0.3) is 0 Å². The van der Waals surface area contributed by atoms with Crippen LogP contribution in [0, 0.1) is 29.6 Å². The van der Waals surface area contributed by atoms with Gasteiger partial charge in [0, 0.05) is 0 Å². The lowest BCUT2D eigenvalue weighted by atomic mass is 9.63. The molecule has 160 valence electrons. The molecule has 3 aliphatic carbocycles. The van der Waals surface area contributed by atoms with Crippen molar-refractivity contribution < 1.29 is 4.74 Å². The summed E-state index contributed by atoms with van der Waals surface area (Å²) in [5, 5.41) is 0. The van der Waals surface area contributed by atoms with Crippen LogP contribution in [0.4, 0.5) is 0 Å². The summed E-state index contributed by atoms with van der Waals surface area (Å²) in [5.74, 6) is 6.82. The third kappa shape index (κ3) is 5.68. The summed E-state index contributed by atoms with van der Waals surface area (Å²) in [6.07, 6.45) is 19.7. The zero-order valence-corrected chi connectivity index (χ0v) is 18.7. The molecule has 0 amide bonds. The monoisotopic (exact) mass is 394 g/mol. The first kappa shape index (κ1) is 21.0. The zero-order chi connectivity index (χ0) is 20.1. The van der Waals surface area contributed by atoms with E-state index in [4.69, 9.17) is 4.74 Å². The number of hydrogen-bond acceptors (Lipinski definition) is 1. The SMILES string of the molecule is C=CCOc1ccc(C2CCC3CC(CCC4CCC(C)CC4)CCC3C2)cc1. The lowest BCUT2D eigenvalue weighted by molar-refractivity contribution is 0.109. The Labute approximate surface area is 179 Å². The molecule has 0 aliphatic heterocycles. The van der Waals surface area contributed by atoms with Gasteiger partial charge in [0.05, 0.1) is 0 Å². The van der Waals surface area contributed by atoms with E-state index in [2.05, 4.69) is 37.8 Å². The second kappa shape index (κ2) is 10.2. The molecule has 0 N–H and O–H groups in total. The number of benzene rings is 1. The summed E-state index contributed by atoms with van der Waals surface area (Å²) in [6.45, 7) is 6.76. The largest absolute Gasteiger partial charge is 0.490 e. The Morgan fingerprint density at radius 2 is 1.48 bits per heavy atom. The maximum absolute atomic E-state index is 5.65. The van der Waals surface area contributed by atoms with Gasteiger partial charge in [-0.2, -0.15) is 0 Å². The van der Waals surface area contributed by atoms with E-state index in [9.17, 15) is 0 Å². The minimum atomic E-state index is 0.591. The summed E-state index contributed by atoms with van der Waals surface area (Å²) in [7, 11) is 0. The molecule has 0 aromatic heterocycles. The van der Waals surface area contributed by atoms with Gasteiger partial charge < -0.3 is 4.74 Å². The molecule has 4 unspecified atom stereocenters. The third-order valence-electron chi connectivity index (χ3n) is 8.56. The number of fused-ring (bicyclic) bond motifs is 1. The normalized spacial score (nSPS) is 34.9. The second-order valence-corrected chi connectivity index (χ2v) is 10.6. The Hall–Kier alpha value is -1.24. The van der Waals surface area contributed by atoms with E-state index >= 15 is 0 Å². The minimum Gasteiger partial charge on any atom is -0.490 e. The van der Waals surface area contributed by atoms with Gasteiger partial charge >= 0.3 is 0 Å². The van der Waals surface area contributed by atoms with Crippen molar-refractivity contribution in [2.75, 3.05) is 6.61 Å². The van der Waals surface area contributed by atoms with Crippen LogP contribution in [0.25, 0.3) is 0 Å². The minimum absolute atomic E-state index is 0.591. The molecule has 1 heteroatoms. The van der Waals surface area contributed by atoms with Crippen LogP contribution in [0.1, 0.15) is 95.5 Å². The lowest BCUT2D eigenvalue weighted by Crippen LogP contribution is -2.30. The molecule has 1 nitrogen and oxygen atoms in total. The van der Waals surface area contributed by atoms with Crippen molar-refractivity contribution >= 4 is 0 Å². The van der Waals surface area contributed by atoms with Gasteiger partial charge in [-0.15, -0.1) is 0 Å². The molecule has 29 heavy (non-hydrogen) atoms. The molecule has 0 spiro atoms. The van der Waals surface area contributed by atoms with E-state index in [-0.39, 0.29) is 0 Å². The van der Waals surface area contributed by atoms with E-state index < -0.39 is 0 Å². The van der Waals surface area contributed by atoms with Crippen molar-refractivity contribution in [3.63, 3.8) is 0 Å². The summed E-state index contributed by atoms with van der Waals surface area (Å²) in [6, 6.07) is 8.90. The fourth-order valence-corrected chi connectivity index (χ4v) is 6.63. The van der Waals surface area contributed by atoms with Crippen LogP contribution < -0.4 is 4.74 Å².